The number of rotatable bonds is 3. The van der Waals surface area contributed by atoms with Crippen LogP contribution in [0.2, 0.25) is 0 Å². The molecular weight excluding hydrogens is 230 g/mol. The molecule has 1 atom stereocenters. The number of methoxy groups -OCH3 is 1. The summed E-state index contributed by atoms with van der Waals surface area (Å²) >= 11 is 0. The third-order valence-electron chi connectivity index (χ3n) is 3.62. The molecule has 18 heavy (non-hydrogen) atoms. The van der Waals surface area contributed by atoms with Crippen LogP contribution in [0.3, 0.4) is 0 Å². The Morgan fingerprint density at radius 1 is 1.28 bits per heavy atom. The van der Waals surface area contributed by atoms with E-state index < -0.39 is 0 Å². The highest BCUT2D eigenvalue weighted by atomic mass is 16.7. The van der Waals surface area contributed by atoms with Gasteiger partial charge in [0, 0.05) is 24.3 Å². The summed E-state index contributed by atoms with van der Waals surface area (Å²) < 4.78 is 16.4. The smallest absolute Gasteiger partial charge is 0.231 e. The van der Waals surface area contributed by atoms with Gasteiger partial charge in [-0.15, -0.1) is 0 Å². The van der Waals surface area contributed by atoms with Gasteiger partial charge in [-0.05, 0) is 19.4 Å². The fourth-order valence-corrected chi connectivity index (χ4v) is 2.73. The maximum Gasteiger partial charge on any atom is 0.231 e. The maximum absolute atomic E-state index is 5.65. The van der Waals surface area contributed by atoms with Crippen LogP contribution in [0.15, 0.2) is 12.1 Å². The molecule has 4 nitrogen and oxygen atoms in total. The molecule has 1 N–H and O–H groups in total. The van der Waals surface area contributed by atoms with E-state index in [1.165, 1.54) is 24.8 Å². The Balaban J connectivity index is 1.93. The molecule has 1 aromatic rings. The van der Waals surface area contributed by atoms with Crippen LogP contribution in [0, 0.1) is 0 Å². The SMILES string of the molecule is COCc1ccc(C2CCCCN2)c2c1OCO2. The fraction of sp³-hybridized carbons (Fsp3) is 0.571. The Morgan fingerprint density at radius 3 is 2.94 bits per heavy atom. The Morgan fingerprint density at radius 2 is 2.17 bits per heavy atom. The molecular formula is C14H19NO3. The van der Waals surface area contributed by atoms with Crippen molar-refractivity contribution >= 4 is 0 Å². The van der Waals surface area contributed by atoms with Crippen molar-refractivity contribution in [2.75, 3.05) is 20.4 Å². The molecule has 3 rings (SSSR count). The first-order valence-corrected chi connectivity index (χ1v) is 6.54. The summed E-state index contributed by atoms with van der Waals surface area (Å²) in [4.78, 5) is 0. The predicted molar refractivity (Wildman–Crippen MR) is 67.9 cm³/mol. The zero-order valence-electron chi connectivity index (χ0n) is 10.7. The van der Waals surface area contributed by atoms with Gasteiger partial charge >= 0.3 is 0 Å². The van der Waals surface area contributed by atoms with Crippen LogP contribution in [0.1, 0.15) is 36.4 Å². The van der Waals surface area contributed by atoms with Crippen LogP contribution in [0.25, 0.3) is 0 Å². The van der Waals surface area contributed by atoms with E-state index in [1.54, 1.807) is 7.11 Å². The quantitative estimate of drug-likeness (QED) is 0.892. The van der Waals surface area contributed by atoms with Gasteiger partial charge in [0.1, 0.15) is 0 Å². The van der Waals surface area contributed by atoms with E-state index in [4.69, 9.17) is 14.2 Å². The van der Waals surface area contributed by atoms with Crippen molar-refractivity contribution in [2.45, 2.75) is 31.9 Å². The van der Waals surface area contributed by atoms with Gasteiger partial charge in [-0.2, -0.15) is 0 Å². The normalized spacial score (nSPS) is 22.2. The molecule has 0 spiro atoms. The molecule has 0 radical (unpaired) electrons. The summed E-state index contributed by atoms with van der Waals surface area (Å²) in [5.74, 6) is 1.77. The van der Waals surface area contributed by atoms with E-state index in [9.17, 15) is 0 Å². The number of piperidine rings is 1. The predicted octanol–water partition coefficient (Wildman–Crippen LogP) is 2.38. The van der Waals surface area contributed by atoms with E-state index in [2.05, 4.69) is 17.4 Å². The van der Waals surface area contributed by atoms with Crippen molar-refractivity contribution in [3.05, 3.63) is 23.3 Å². The van der Waals surface area contributed by atoms with E-state index in [1.807, 2.05) is 0 Å². The summed E-state index contributed by atoms with van der Waals surface area (Å²) in [6, 6.07) is 4.62. The summed E-state index contributed by atoms with van der Waals surface area (Å²) in [6.07, 6.45) is 3.70. The van der Waals surface area contributed by atoms with Crippen LogP contribution in [0.5, 0.6) is 11.5 Å². The molecule has 2 aliphatic heterocycles. The van der Waals surface area contributed by atoms with Gasteiger partial charge in [-0.1, -0.05) is 18.6 Å². The second-order valence-corrected chi connectivity index (χ2v) is 4.81. The number of hydrogen-bond donors (Lipinski definition) is 1. The van der Waals surface area contributed by atoms with Gasteiger partial charge in [0.2, 0.25) is 6.79 Å². The molecule has 0 aliphatic carbocycles. The third-order valence-corrected chi connectivity index (χ3v) is 3.62. The zero-order chi connectivity index (χ0) is 12.4. The van der Waals surface area contributed by atoms with Crippen LogP contribution in [0.4, 0.5) is 0 Å². The molecule has 2 heterocycles. The van der Waals surface area contributed by atoms with Gasteiger partial charge in [0.05, 0.1) is 6.61 Å². The first kappa shape index (κ1) is 11.8. The highest BCUT2D eigenvalue weighted by Crippen LogP contribution is 2.43. The van der Waals surface area contributed by atoms with Gasteiger partial charge in [-0.25, -0.2) is 0 Å². The monoisotopic (exact) mass is 249 g/mol. The van der Waals surface area contributed by atoms with Gasteiger partial charge in [-0.3, -0.25) is 0 Å². The van der Waals surface area contributed by atoms with Gasteiger partial charge in [0.15, 0.2) is 11.5 Å². The van der Waals surface area contributed by atoms with Crippen LogP contribution in [-0.2, 0) is 11.3 Å². The van der Waals surface area contributed by atoms with Crippen molar-refractivity contribution in [3.63, 3.8) is 0 Å². The lowest BCUT2D eigenvalue weighted by Gasteiger charge is -2.25. The summed E-state index contributed by atoms with van der Waals surface area (Å²) in [5.41, 5.74) is 2.28. The molecule has 0 amide bonds. The molecule has 1 unspecified atom stereocenters. The highest BCUT2D eigenvalue weighted by molar-refractivity contribution is 5.54. The topological polar surface area (TPSA) is 39.7 Å². The number of fused-ring (bicyclic) bond motifs is 1. The number of ether oxygens (including phenoxy) is 3. The molecule has 1 fully saturated rings. The lowest BCUT2D eigenvalue weighted by molar-refractivity contribution is 0.162. The Bertz CT molecular complexity index is 427. The minimum Gasteiger partial charge on any atom is -0.453 e. The highest BCUT2D eigenvalue weighted by Gasteiger charge is 2.26. The first-order chi connectivity index (χ1) is 8.90. The van der Waals surface area contributed by atoms with E-state index in [0.717, 1.165) is 23.6 Å². The number of nitrogens with one attached hydrogen (secondary N) is 1. The fourth-order valence-electron chi connectivity index (χ4n) is 2.73. The Hall–Kier alpha value is -1.26. The molecule has 1 saturated heterocycles. The molecule has 2 aliphatic rings. The van der Waals surface area contributed by atoms with Crippen molar-refractivity contribution in [1.82, 2.24) is 5.32 Å². The van der Waals surface area contributed by atoms with Crippen LogP contribution in [-0.4, -0.2) is 20.4 Å². The lowest BCUT2D eigenvalue weighted by atomic mass is 9.95. The molecule has 0 aromatic heterocycles. The van der Waals surface area contributed by atoms with Crippen molar-refractivity contribution in [2.24, 2.45) is 0 Å². The van der Waals surface area contributed by atoms with E-state index >= 15 is 0 Å². The Labute approximate surface area is 107 Å². The van der Waals surface area contributed by atoms with Crippen molar-refractivity contribution in [1.29, 1.82) is 0 Å². The van der Waals surface area contributed by atoms with Crippen LogP contribution < -0.4 is 14.8 Å². The van der Waals surface area contributed by atoms with Gasteiger partial charge < -0.3 is 19.5 Å². The second kappa shape index (κ2) is 5.16. The van der Waals surface area contributed by atoms with Crippen molar-refractivity contribution < 1.29 is 14.2 Å². The molecule has 0 bridgehead atoms. The maximum atomic E-state index is 5.65. The zero-order valence-corrected chi connectivity index (χ0v) is 10.7. The van der Waals surface area contributed by atoms with Gasteiger partial charge in [0.25, 0.3) is 0 Å². The first-order valence-electron chi connectivity index (χ1n) is 6.54. The van der Waals surface area contributed by atoms with E-state index in [0.29, 0.717) is 19.4 Å². The average Bonchev–Trinajstić information content (AvgIpc) is 2.90. The minimum atomic E-state index is 0.315. The number of benzene rings is 1. The second-order valence-electron chi connectivity index (χ2n) is 4.81. The standard InChI is InChI=1S/C14H19NO3/c1-16-8-10-5-6-11(12-4-2-3-7-15-12)14-13(10)17-9-18-14/h5-6,12,15H,2-4,7-9H2,1H3. The molecule has 1 aromatic carbocycles. The summed E-state index contributed by atoms with van der Waals surface area (Å²) in [7, 11) is 1.69. The minimum absolute atomic E-state index is 0.315. The third kappa shape index (κ3) is 2.06. The summed E-state index contributed by atoms with van der Waals surface area (Å²) in [5, 5.41) is 3.55. The van der Waals surface area contributed by atoms with E-state index in [-0.39, 0.29) is 0 Å². The Kier molecular flexibility index (Phi) is 3.39. The average molecular weight is 249 g/mol. The molecule has 98 valence electrons. The molecule has 0 saturated carbocycles. The van der Waals surface area contributed by atoms with Crippen LogP contribution >= 0.6 is 0 Å². The lowest BCUT2D eigenvalue weighted by Crippen LogP contribution is -2.27. The largest absolute Gasteiger partial charge is 0.453 e. The summed E-state index contributed by atoms with van der Waals surface area (Å²) in [6.45, 7) is 1.96. The molecule has 4 heteroatoms. The number of hydrogen-bond acceptors (Lipinski definition) is 4. The van der Waals surface area contributed by atoms with Crippen molar-refractivity contribution in [3.8, 4) is 11.5 Å².